The van der Waals surface area contributed by atoms with Crippen molar-refractivity contribution in [3.63, 3.8) is 0 Å². The van der Waals surface area contributed by atoms with Gasteiger partial charge in [0.15, 0.2) is 8.61 Å². The van der Waals surface area contributed by atoms with Gasteiger partial charge in [-0.25, -0.2) is 0 Å². The van der Waals surface area contributed by atoms with E-state index in [1.165, 1.54) is 0 Å². The van der Waals surface area contributed by atoms with Crippen LogP contribution in [0.4, 0.5) is 11.4 Å². The number of ether oxygens (including phenoxy) is 2. The molecule has 0 fully saturated rings. The van der Waals surface area contributed by atoms with E-state index in [0.29, 0.717) is 0 Å². The second-order valence-electron chi connectivity index (χ2n) is 3.87. The number of benzene rings is 2. The van der Waals surface area contributed by atoms with Gasteiger partial charge in [-0.2, -0.15) is 0 Å². The molecule has 0 N–H and O–H groups in total. The maximum absolute atomic E-state index is 11.5. The molecule has 0 amide bonds. The van der Waals surface area contributed by atoms with E-state index >= 15 is 0 Å². The summed E-state index contributed by atoms with van der Waals surface area (Å²) in [6, 6.07) is 14.9. The summed E-state index contributed by atoms with van der Waals surface area (Å²) in [5.41, 5.74) is 1.74. The third-order valence-electron chi connectivity index (χ3n) is 2.81. The number of methoxy groups -OCH3 is 2. The van der Waals surface area contributed by atoms with Gasteiger partial charge in [-0.05, 0) is 48.5 Å². The summed E-state index contributed by atoms with van der Waals surface area (Å²) in [5, 5.41) is 0. The van der Waals surface area contributed by atoms with Crippen molar-refractivity contribution in [2.45, 2.75) is 0 Å². The summed E-state index contributed by atoms with van der Waals surface area (Å²) in [4.78, 5) is 0. The topological polar surface area (TPSA) is 38.8 Å². The summed E-state index contributed by atoms with van der Waals surface area (Å²) in [6.07, 6.45) is 0. The first kappa shape index (κ1) is 13.5. The van der Waals surface area contributed by atoms with Gasteiger partial charge in [0, 0.05) is 11.4 Å². The number of rotatable bonds is 5. The van der Waals surface area contributed by atoms with Crippen molar-refractivity contribution in [1.82, 2.24) is 0 Å². The Hall–Kier alpha value is -1.93. The van der Waals surface area contributed by atoms with Gasteiger partial charge in [0.1, 0.15) is 11.5 Å². The number of hydrogen-bond donors (Lipinski definition) is 0. The van der Waals surface area contributed by atoms with Gasteiger partial charge in [0.2, 0.25) is 0 Å². The Kier molecular flexibility index (Phi) is 4.48. The van der Waals surface area contributed by atoms with Crippen molar-refractivity contribution in [3.05, 3.63) is 48.5 Å². The highest BCUT2D eigenvalue weighted by Gasteiger charge is 2.07. The molecule has 2 aromatic carbocycles. The predicted octanol–water partition coefficient (Wildman–Crippen LogP) is 3.51. The molecular formula is C14H16NO3P. The standard InChI is InChI=1S/C14H16NO3P/c1-17-13-7-3-11(4-8-13)15(19-16)12-5-9-14(18-2)10-6-12/h3-10H,19H2,1-2H3. The van der Waals surface area contributed by atoms with Crippen LogP contribution in [-0.4, -0.2) is 14.2 Å². The molecule has 0 bridgehead atoms. The molecule has 0 aliphatic carbocycles. The maximum Gasteiger partial charge on any atom is 0.153 e. The molecule has 0 aliphatic heterocycles. The Balaban J connectivity index is 2.29. The lowest BCUT2D eigenvalue weighted by Gasteiger charge is -2.19. The zero-order valence-electron chi connectivity index (χ0n) is 10.9. The molecule has 100 valence electrons. The van der Waals surface area contributed by atoms with Gasteiger partial charge in [-0.3, -0.25) is 4.67 Å². The van der Waals surface area contributed by atoms with Crippen LogP contribution in [0.2, 0.25) is 0 Å². The molecule has 0 radical (unpaired) electrons. The molecule has 1 atom stereocenters. The first-order chi connectivity index (χ1) is 9.28. The van der Waals surface area contributed by atoms with Gasteiger partial charge in [-0.15, -0.1) is 0 Å². The molecular weight excluding hydrogens is 261 g/mol. The highest BCUT2D eigenvalue weighted by atomic mass is 31.1. The largest absolute Gasteiger partial charge is 0.497 e. The molecule has 1 unspecified atom stereocenters. The van der Waals surface area contributed by atoms with Crippen LogP contribution in [0.5, 0.6) is 11.5 Å². The van der Waals surface area contributed by atoms with Gasteiger partial charge in [-0.1, -0.05) is 0 Å². The van der Waals surface area contributed by atoms with E-state index in [0.717, 1.165) is 22.9 Å². The fourth-order valence-electron chi connectivity index (χ4n) is 1.76. The van der Waals surface area contributed by atoms with Crippen LogP contribution in [0, 0.1) is 0 Å². The number of hydrogen-bond acceptors (Lipinski definition) is 3. The lowest BCUT2D eigenvalue weighted by molar-refractivity contribution is 0.415. The van der Waals surface area contributed by atoms with Gasteiger partial charge >= 0.3 is 0 Å². The van der Waals surface area contributed by atoms with E-state index in [9.17, 15) is 4.57 Å². The Morgan fingerprint density at radius 3 is 1.42 bits per heavy atom. The summed E-state index contributed by atoms with van der Waals surface area (Å²) in [6.45, 7) is 0. The summed E-state index contributed by atoms with van der Waals surface area (Å²) >= 11 is 0. The van der Waals surface area contributed by atoms with Crippen molar-refractivity contribution >= 4 is 20.0 Å². The molecule has 2 aromatic rings. The van der Waals surface area contributed by atoms with E-state index in [1.807, 2.05) is 48.5 Å². The summed E-state index contributed by atoms with van der Waals surface area (Å²) < 4.78 is 23.5. The lowest BCUT2D eigenvalue weighted by Crippen LogP contribution is -2.02. The SMILES string of the molecule is COc1ccc(N([PH2]=O)c2ccc(OC)cc2)cc1. The molecule has 0 saturated carbocycles. The first-order valence-corrected chi connectivity index (χ1v) is 6.80. The monoisotopic (exact) mass is 277 g/mol. The Bertz CT molecular complexity index is 492. The minimum absolute atomic E-state index is 0.777. The summed E-state index contributed by atoms with van der Waals surface area (Å²) in [7, 11) is 2.14. The Morgan fingerprint density at radius 2 is 1.16 bits per heavy atom. The van der Waals surface area contributed by atoms with Gasteiger partial charge in [0.25, 0.3) is 0 Å². The van der Waals surface area contributed by atoms with Crippen molar-refractivity contribution in [2.24, 2.45) is 0 Å². The Morgan fingerprint density at radius 1 is 0.789 bits per heavy atom. The maximum atomic E-state index is 11.5. The predicted molar refractivity (Wildman–Crippen MR) is 78.5 cm³/mol. The second kappa shape index (κ2) is 6.30. The smallest absolute Gasteiger partial charge is 0.153 e. The van der Waals surface area contributed by atoms with Crippen molar-refractivity contribution in [3.8, 4) is 11.5 Å². The highest BCUT2D eigenvalue weighted by molar-refractivity contribution is 7.26. The minimum Gasteiger partial charge on any atom is -0.497 e. The zero-order chi connectivity index (χ0) is 13.7. The van der Waals surface area contributed by atoms with Crippen molar-refractivity contribution in [1.29, 1.82) is 0 Å². The van der Waals surface area contributed by atoms with Crippen LogP contribution in [0.1, 0.15) is 0 Å². The minimum atomic E-state index is -1.10. The van der Waals surface area contributed by atoms with E-state index in [1.54, 1.807) is 18.9 Å². The number of nitrogens with zero attached hydrogens (tertiary/aromatic N) is 1. The zero-order valence-corrected chi connectivity index (χ0v) is 12.0. The Labute approximate surface area is 113 Å². The molecule has 0 aromatic heterocycles. The molecule has 0 spiro atoms. The molecule has 2 rings (SSSR count). The van der Waals surface area contributed by atoms with Crippen LogP contribution in [-0.2, 0) is 4.57 Å². The average molecular weight is 277 g/mol. The molecule has 0 saturated heterocycles. The van der Waals surface area contributed by atoms with Crippen LogP contribution < -0.4 is 14.1 Å². The fourth-order valence-corrected chi connectivity index (χ4v) is 2.34. The van der Waals surface area contributed by atoms with Crippen LogP contribution >= 0.6 is 8.61 Å². The van der Waals surface area contributed by atoms with Gasteiger partial charge in [0.05, 0.1) is 14.2 Å². The van der Waals surface area contributed by atoms with Crippen LogP contribution in [0.3, 0.4) is 0 Å². The molecule has 0 heterocycles. The van der Waals surface area contributed by atoms with Crippen molar-refractivity contribution < 1.29 is 14.0 Å². The number of anilines is 2. The molecule has 0 aliphatic rings. The third-order valence-corrected chi connectivity index (χ3v) is 3.61. The highest BCUT2D eigenvalue weighted by Crippen LogP contribution is 2.33. The average Bonchev–Trinajstić information content (AvgIpc) is 2.49. The lowest BCUT2D eigenvalue weighted by atomic mass is 10.2. The first-order valence-electron chi connectivity index (χ1n) is 5.81. The normalized spacial score (nSPS) is 10.6. The third kappa shape index (κ3) is 3.09. The molecule has 4 nitrogen and oxygen atoms in total. The van der Waals surface area contributed by atoms with Crippen LogP contribution in [0.15, 0.2) is 48.5 Å². The van der Waals surface area contributed by atoms with Crippen LogP contribution in [0.25, 0.3) is 0 Å². The molecule has 5 heteroatoms. The molecule has 19 heavy (non-hydrogen) atoms. The quantitative estimate of drug-likeness (QED) is 0.784. The van der Waals surface area contributed by atoms with Gasteiger partial charge < -0.3 is 14.0 Å². The van der Waals surface area contributed by atoms with E-state index in [-0.39, 0.29) is 0 Å². The summed E-state index contributed by atoms with van der Waals surface area (Å²) in [5.74, 6) is 1.55. The van der Waals surface area contributed by atoms with E-state index in [2.05, 4.69) is 0 Å². The fraction of sp³-hybridized carbons (Fsp3) is 0.143. The second-order valence-corrected chi connectivity index (χ2v) is 4.60. The van der Waals surface area contributed by atoms with E-state index < -0.39 is 8.61 Å². The van der Waals surface area contributed by atoms with E-state index in [4.69, 9.17) is 9.47 Å². The van der Waals surface area contributed by atoms with Crippen molar-refractivity contribution in [2.75, 3.05) is 18.9 Å².